The molecule has 19 heavy (non-hydrogen) atoms. The number of hydrogen-bond acceptors (Lipinski definition) is 8. The largest absolute Gasteiger partial charge is 0.483 e. The fourth-order valence-electron chi connectivity index (χ4n) is 2.03. The summed E-state index contributed by atoms with van der Waals surface area (Å²) in [5.74, 6) is 1.10. The molecule has 9 heteroatoms. The number of nitrogens with one attached hydrogen (secondary N) is 3. The second-order valence-electron chi connectivity index (χ2n) is 4.22. The molecule has 0 aromatic carbocycles. The summed E-state index contributed by atoms with van der Waals surface area (Å²) in [5.41, 5.74) is 0.567. The van der Waals surface area contributed by atoms with E-state index in [1.807, 2.05) is 0 Å². The van der Waals surface area contributed by atoms with E-state index in [0.29, 0.717) is 22.0 Å². The zero-order valence-electron chi connectivity index (χ0n) is 9.62. The summed E-state index contributed by atoms with van der Waals surface area (Å²) in [7, 11) is 0. The van der Waals surface area contributed by atoms with Crippen molar-refractivity contribution in [3.8, 4) is 0 Å². The number of aliphatic hydroxyl groups excluding tert-OH is 3. The van der Waals surface area contributed by atoms with Crippen LogP contribution in [-0.4, -0.2) is 50.2 Å². The normalized spacial score (nSPS) is 32.5. The van der Waals surface area contributed by atoms with Crippen LogP contribution in [0, 0.1) is 4.64 Å². The molecule has 1 aromatic heterocycles. The monoisotopic (exact) mass is 284 g/mol. The Balaban J connectivity index is 1.96. The van der Waals surface area contributed by atoms with Crippen molar-refractivity contribution in [2.75, 3.05) is 17.2 Å². The Bertz CT molecular complexity index is 601. The number of nitrogens with zero attached hydrogens (tertiary/aromatic N) is 1. The number of rotatable bonds is 1. The van der Waals surface area contributed by atoms with Crippen LogP contribution in [0.2, 0.25) is 0 Å². The Morgan fingerprint density at radius 1 is 1.37 bits per heavy atom. The average Bonchev–Trinajstić information content (AvgIpc) is 2.94. The molecular weight excluding hydrogens is 272 g/mol. The van der Waals surface area contributed by atoms with Gasteiger partial charge in [0.1, 0.15) is 23.7 Å². The van der Waals surface area contributed by atoms with Crippen molar-refractivity contribution in [3.05, 3.63) is 22.5 Å². The highest BCUT2D eigenvalue weighted by Gasteiger charge is 2.42. The summed E-state index contributed by atoms with van der Waals surface area (Å²) in [6.45, 7) is -0.387. The van der Waals surface area contributed by atoms with E-state index in [1.165, 1.54) is 6.33 Å². The second-order valence-corrected chi connectivity index (χ2v) is 4.61. The standard InChI is InChI=1S/C10H12N4O4S/c15-1-3-5(16)6(17)7(18-3)9-13-4-8(14-9)11-2-12-10(4)19/h2-3,5-6,13,15-17H,1H2,(H2,11,12,14,19)/t3-,5-,6+/m1/s1. The maximum Gasteiger partial charge on any atom is 0.168 e. The van der Waals surface area contributed by atoms with E-state index in [2.05, 4.69) is 20.6 Å². The highest BCUT2D eigenvalue weighted by atomic mass is 32.1. The van der Waals surface area contributed by atoms with Crippen LogP contribution in [-0.2, 0) is 4.74 Å². The van der Waals surface area contributed by atoms with Gasteiger partial charge in [0.2, 0.25) is 0 Å². The highest BCUT2D eigenvalue weighted by Crippen LogP contribution is 2.34. The molecule has 0 spiro atoms. The molecule has 0 unspecified atom stereocenters. The molecule has 0 radical (unpaired) electrons. The molecule has 1 fully saturated rings. The molecule has 0 aliphatic carbocycles. The van der Waals surface area contributed by atoms with Gasteiger partial charge >= 0.3 is 0 Å². The zero-order chi connectivity index (χ0) is 13.6. The number of aliphatic hydroxyl groups is 3. The smallest absolute Gasteiger partial charge is 0.168 e. The van der Waals surface area contributed by atoms with Gasteiger partial charge in [0.25, 0.3) is 0 Å². The van der Waals surface area contributed by atoms with E-state index in [4.69, 9.17) is 22.1 Å². The first-order chi connectivity index (χ1) is 9.11. The van der Waals surface area contributed by atoms with E-state index in [9.17, 15) is 10.2 Å². The Labute approximate surface area is 112 Å². The fourth-order valence-corrected chi connectivity index (χ4v) is 2.24. The summed E-state index contributed by atoms with van der Waals surface area (Å²) in [6, 6.07) is 0. The van der Waals surface area contributed by atoms with Gasteiger partial charge < -0.3 is 35.7 Å². The molecule has 0 saturated carbocycles. The van der Waals surface area contributed by atoms with Crippen LogP contribution >= 0.6 is 12.2 Å². The first-order valence-corrected chi connectivity index (χ1v) is 6.02. The molecule has 2 aliphatic rings. The molecule has 6 N–H and O–H groups in total. The Hall–Kier alpha value is -1.68. The summed E-state index contributed by atoms with van der Waals surface area (Å²) in [4.78, 5) is 6.78. The van der Waals surface area contributed by atoms with Crippen molar-refractivity contribution in [1.82, 2.24) is 9.97 Å². The minimum atomic E-state index is -1.22. The van der Waals surface area contributed by atoms with Gasteiger partial charge in [-0.05, 0) is 0 Å². The lowest BCUT2D eigenvalue weighted by Gasteiger charge is -2.09. The second kappa shape index (κ2) is 4.46. The van der Waals surface area contributed by atoms with Crippen LogP contribution in [0.1, 0.15) is 0 Å². The van der Waals surface area contributed by atoms with Crippen LogP contribution < -0.4 is 10.6 Å². The van der Waals surface area contributed by atoms with Gasteiger partial charge in [-0.15, -0.1) is 0 Å². The average molecular weight is 284 g/mol. The molecule has 3 heterocycles. The van der Waals surface area contributed by atoms with Crippen LogP contribution in [0.15, 0.2) is 17.9 Å². The minimum absolute atomic E-state index is 0.130. The third-order valence-corrected chi connectivity index (χ3v) is 3.34. The lowest BCUT2D eigenvalue weighted by Crippen LogP contribution is -2.32. The van der Waals surface area contributed by atoms with Gasteiger partial charge in [-0.3, -0.25) is 0 Å². The number of ether oxygens (including phenoxy) is 1. The SMILES string of the molecule is OC[C@H]1OC(=C2Nc3[nH]cnc(=S)c3N2)[C@@H](O)[C@@H]1O. The lowest BCUT2D eigenvalue weighted by atomic mass is 10.1. The van der Waals surface area contributed by atoms with E-state index >= 15 is 0 Å². The predicted octanol–water partition coefficient (Wildman–Crippen LogP) is -0.741. The van der Waals surface area contributed by atoms with Crippen molar-refractivity contribution in [3.63, 3.8) is 0 Å². The number of hydrogen-bond donors (Lipinski definition) is 6. The fraction of sp³-hybridized carbons (Fsp3) is 0.400. The summed E-state index contributed by atoms with van der Waals surface area (Å²) in [6.07, 6.45) is -1.80. The van der Waals surface area contributed by atoms with Crippen molar-refractivity contribution < 1.29 is 20.1 Å². The van der Waals surface area contributed by atoms with Gasteiger partial charge in [0.05, 0.1) is 12.9 Å². The Morgan fingerprint density at radius 3 is 2.79 bits per heavy atom. The zero-order valence-corrected chi connectivity index (χ0v) is 10.4. The third-order valence-electron chi connectivity index (χ3n) is 3.03. The molecule has 102 valence electrons. The number of aromatic nitrogens is 2. The summed E-state index contributed by atoms with van der Waals surface area (Å²) >= 11 is 5.06. The van der Waals surface area contributed by atoms with Crippen molar-refractivity contribution >= 4 is 23.7 Å². The maximum absolute atomic E-state index is 9.89. The van der Waals surface area contributed by atoms with E-state index in [-0.39, 0.29) is 12.4 Å². The van der Waals surface area contributed by atoms with Gasteiger partial charge in [-0.1, -0.05) is 12.2 Å². The molecule has 1 saturated heterocycles. The van der Waals surface area contributed by atoms with Crippen molar-refractivity contribution in [2.24, 2.45) is 0 Å². The number of aromatic amines is 1. The minimum Gasteiger partial charge on any atom is -0.483 e. The first-order valence-electron chi connectivity index (χ1n) is 5.61. The maximum atomic E-state index is 9.89. The molecule has 0 amide bonds. The number of H-pyrrole nitrogens is 1. The first kappa shape index (κ1) is 12.4. The van der Waals surface area contributed by atoms with E-state index < -0.39 is 18.3 Å². The molecule has 8 nitrogen and oxygen atoms in total. The molecule has 3 rings (SSSR count). The van der Waals surface area contributed by atoms with Gasteiger partial charge in [-0.25, -0.2) is 4.98 Å². The number of anilines is 2. The van der Waals surface area contributed by atoms with Crippen LogP contribution in [0.4, 0.5) is 11.5 Å². The third kappa shape index (κ3) is 1.87. The van der Waals surface area contributed by atoms with E-state index in [1.54, 1.807) is 0 Å². The Kier molecular flexibility index (Phi) is 2.90. The summed E-state index contributed by atoms with van der Waals surface area (Å²) < 4.78 is 5.69. The lowest BCUT2D eigenvalue weighted by molar-refractivity contribution is -0.00292. The molecular formula is C10H12N4O4S. The predicted molar refractivity (Wildman–Crippen MR) is 67.7 cm³/mol. The van der Waals surface area contributed by atoms with Crippen LogP contribution in [0.5, 0.6) is 0 Å². The van der Waals surface area contributed by atoms with Crippen molar-refractivity contribution in [2.45, 2.75) is 18.3 Å². The van der Waals surface area contributed by atoms with E-state index in [0.717, 1.165) is 0 Å². The highest BCUT2D eigenvalue weighted by molar-refractivity contribution is 7.71. The van der Waals surface area contributed by atoms with Gasteiger partial charge in [0.15, 0.2) is 22.3 Å². The quantitative estimate of drug-likeness (QED) is 0.373. The Morgan fingerprint density at radius 2 is 2.16 bits per heavy atom. The molecule has 0 bridgehead atoms. The molecule has 3 atom stereocenters. The molecule has 1 aromatic rings. The summed E-state index contributed by atoms with van der Waals surface area (Å²) in [5, 5.41) is 34.5. The van der Waals surface area contributed by atoms with Crippen LogP contribution in [0.3, 0.4) is 0 Å². The van der Waals surface area contributed by atoms with Crippen LogP contribution in [0.25, 0.3) is 0 Å². The number of fused-ring (bicyclic) bond motifs is 1. The topological polar surface area (TPSA) is 123 Å². The van der Waals surface area contributed by atoms with Crippen molar-refractivity contribution in [1.29, 1.82) is 0 Å². The van der Waals surface area contributed by atoms with Gasteiger partial charge in [0, 0.05) is 0 Å². The van der Waals surface area contributed by atoms with Gasteiger partial charge in [-0.2, -0.15) is 0 Å². The molecule has 2 aliphatic heterocycles.